The summed E-state index contributed by atoms with van der Waals surface area (Å²) in [5, 5.41) is 13.4. The van der Waals surface area contributed by atoms with Crippen LogP contribution in [0.5, 0.6) is 0 Å². The number of aliphatic hydroxyl groups excluding tert-OH is 1. The molecule has 1 aromatic rings. The SMILES string of the molecule is NC[C@H](O)Cn1ncc(N2CCCC2)cc1=O. The Hall–Kier alpha value is -1.40. The maximum absolute atomic E-state index is 11.8. The average molecular weight is 238 g/mol. The minimum absolute atomic E-state index is 0.127. The van der Waals surface area contributed by atoms with Gasteiger partial charge in [-0.1, -0.05) is 0 Å². The van der Waals surface area contributed by atoms with Gasteiger partial charge in [0.2, 0.25) is 0 Å². The van der Waals surface area contributed by atoms with Crippen LogP contribution in [0.25, 0.3) is 0 Å². The molecule has 3 N–H and O–H groups in total. The Bertz CT molecular complexity index is 426. The van der Waals surface area contributed by atoms with Crippen LogP contribution in [0.1, 0.15) is 12.8 Å². The van der Waals surface area contributed by atoms with E-state index in [0.717, 1.165) is 31.6 Å². The van der Waals surface area contributed by atoms with Crippen molar-refractivity contribution in [1.82, 2.24) is 9.78 Å². The molecule has 17 heavy (non-hydrogen) atoms. The van der Waals surface area contributed by atoms with Crippen molar-refractivity contribution in [1.29, 1.82) is 0 Å². The predicted octanol–water partition coefficient (Wildman–Crippen LogP) is -0.837. The minimum Gasteiger partial charge on any atom is -0.390 e. The van der Waals surface area contributed by atoms with Crippen molar-refractivity contribution in [2.45, 2.75) is 25.5 Å². The maximum atomic E-state index is 11.8. The van der Waals surface area contributed by atoms with Gasteiger partial charge in [0.25, 0.3) is 5.56 Å². The van der Waals surface area contributed by atoms with Crippen molar-refractivity contribution in [2.75, 3.05) is 24.5 Å². The first-order chi connectivity index (χ1) is 8.20. The van der Waals surface area contributed by atoms with E-state index in [1.807, 2.05) is 0 Å². The highest BCUT2D eigenvalue weighted by molar-refractivity contribution is 5.43. The van der Waals surface area contributed by atoms with Crippen LogP contribution in [0.15, 0.2) is 17.1 Å². The number of rotatable bonds is 4. The summed E-state index contributed by atoms with van der Waals surface area (Å²) in [6.45, 7) is 2.24. The number of hydrogen-bond acceptors (Lipinski definition) is 5. The minimum atomic E-state index is -0.724. The first kappa shape index (κ1) is 12.1. The second-order valence-electron chi connectivity index (χ2n) is 4.32. The molecule has 0 aromatic carbocycles. The van der Waals surface area contributed by atoms with E-state index < -0.39 is 6.10 Å². The topological polar surface area (TPSA) is 84.4 Å². The van der Waals surface area contributed by atoms with Gasteiger partial charge in [-0.3, -0.25) is 4.79 Å². The fourth-order valence-corrected chi connectivity index (χ4v) is 1.98. The fraction of sp³-hybridized carbons (Fsp3) is 0.636. The van der Waals surface area contributed by atoms with Crippen LogP contribution in [0, 0.1) is 0 Å². The molecule has 0 spiro atoms. The van der Waals surface area contributed by atoms with Gasteiger partial charge < -0.3 is 15.7 Å². The second-order valence-corrected chi connectivity index (χ2v) is 4.32. The molecule has 1 aromatic heterocycles. The van der Waals surface area contributed by atoms with E-state index in [0.29, 0.717) is 0 Å². The van der Waals surface area contributed by atoms with Crippen LogP contribution in [-0.2, 0) is 6.54 Å². The third kappa shape index (κ3) is 2.83. The molecule has 1 fully saturated rings. The normalized spacial score (nSPS) is 17.4. The molecular weight excluding hydrogens is 220 g/mol. The van der Waals surface area contributed by atoms with Crippen LogP contribution < -0.4 is 16.2 Å². The zero-order valence-corrected chi connectivity index (χ0v) is 9.75. The molecule has 6 nitrogen and oxygen atoms in total. The van der Waals surface area contributed by atoms with Gasteiger partial charge >= 0.3 is 0 Å². The van der Waals surface area contributed by atoms with E-state index in [2.05, 4.69) is 10.00 Å². The van der Waals surface area contributed by atoms with Crippen LogP contribution in [0.4, 0.5) is 5.69 Å². The van der Waals surface area contributed by atoms with Crippen LogP contribution in [0.3, 0.4) is 0 Å². The molecule has 0 amide bonds. The van der Waals surface area contributed by atoms with Crippen molar-refractivity contribution < 1.29 is 5.11 Å². The molecular formula is C11H18N4O2. The molecule has 2 rings (SSSR count). The van der Waals surface area contributed by atoms with Gasteiger partial charge in [-0.05, 0) is 12.8 Å². The first-order valence-electron chi connectivity index (χ1n) is 5.91. The molecule has 0 aliphatic carbocycles. The molecule has 0 unspecified atom stereocenters. The lowest BCUT2D eigenvalue weighted by Crippen LogP contribution is -2.33. The van der Waals surface area contributed by atoms with E-state index >= 15 is 0 Å². The lowest BCUT2D eigenvalue weighted by molar-refractivity contribution is 0.155. The molecule has 94 valence electrons. The Morgan fingerprint density at radius 2 is 2.18 bits per heavy atom. The number of nitrogens with two attached hydrogens (primary N) is 1. The maximum Gasteiger partial charge on any atom is 0.268 e. The van der Waals surface area contributed by atoms with Crippen molar-refractivity contribution >= 4 is 5.69 Å². The highest BCUT2D eigenvalue weighted by atomic mass is 16.3. The summed E-state index contributed by atoms with van der Waals surface area (Å²) in [7, 11) is 0. The number of aromatic nitrogens is 2. The molecule has 1 saturated heterocycles. The molecule has 2 heterocycles. The molecule has 0 bridgehead atoms. The summed E-state index contributed by atoms with van der Waals surface area (Å²) >= 11 is 0. The monoisotopic (exact) mass is 238 g/mol. The zero-order chi connectivity index (χ0) is 12.3. The Morgan fingerprint density at radius 1 is 1.47 bits per heavy atom. The smallest absolute Gasteiger partial charge is 0.268 e. The average Bonchev–Trinajstić information content (AvgIpc) is 2.85. The van der Waals surface area contributed by atoms with Gasteiger partial charge in [-0.2, -0.15) is 5.10 Å². The zero-order valence-electron chi connectivity index (χ0n) is 9.75. The molecule has 1 atom stereocenters. The van der Waals surface area contributed by atoms with Gasteiger partial charge in [0, 0.05) is 25.7 Å². The van der Waals surface area contributed by atoms with Crippen molar-refractivity contribution in [2.24, 2.45) is 5.73 Å². The van der Waals surface area contributed by atoms with E-state index in [9.17, 15) is 9.90 Å². The van der Waals surface area contributed by atoms with Crippen molar-refractivity contribution in [3.63, 3.8) is 0 Å². The standard InChI is InChI=1S/C11H18N4O2/c12-6-10(16)8-15-11(17)5-9(7-13-15)14-3-1-2-4-14/h5,7,10,16H,1-4,6,8,12H2/t10-/m0/s1. The van der Waals surface area contributed by atoms with Gasteiger partial charge in [-0.15, -0.1) is 0 Å². The third-order valence-electron chi connectivity index (χ3n) is 2.98. The van der Waals surface area contributed by atoms with Crippen LogP contribution in [-0.4, -0.2) is 40.6 Å². The Morgan fingerprint density at radius 3 is 2.76 bits per heavy atom. The summed E-state index contributed by atoms with van der Waals surface area (Å²) in [6, 6.07) is 1.57. The van der Waals surface area contributed by atoms with Gasteiger partial charge in [-0.25, -0.2) is 4.68 Å². The number of hydrogen-bond donors (Lipinski definition) is 2. The lowest BCUT2D eigenvalue weighted by Gasteiger charge is -2.17. The Balaban J connectivity index is 2.13. The largest absolute Gasteiger partial charge is 0.390 e. The van der Waals surface area contributed by atoms with Crippen molar-refractivity contribution in [3.8, 4) is 0 Å². The number of nitrogens with zero attached hydrogens (tertiary/aromatic N) is 3. The summed E-state index contributed by atoms with van der Waals surface area (Å²) in [4.78, 5) is 13.9. The van der Waals surface area contributed by atoms with E-state index in [1.165, 1.54) is 4.68 Å². The molecule has 0 saturated carbocycles. The van der Waals surface area contributed by atoms with Crippen LogP contribution >= 0.6 is 0 Å². The van der Waals surface area contributed by atoms with Gasteiger partial charge in [0.05, 0.1) is 24.5 Å². The summed E-state index contributed by atoms with van der Waals surface area (Å²) in [5.74, 6) is 0. The molecule has 0 radical (unpaired) electrons. The highest BCUT2D eigenvalue weighted by Gasteiger charge is 2.14. The Labute approximate surface area is 99.7 Å². The quantitative estimate of drug-likeness (QED) is 0.714. The summed E-state index contributed by atoms with van der Waals surface area (Å²) in [5.41, 5.74) is 5.97. The summed E-state index contributed by atoms with van der Waals surface area (Å²) < 4.78 is 1.25. The number of anilines is 1. The molecule has 1 aliphatic heterocycles. The highest BCUT2D eigenvalue weighted by Crippen LogP contribution is 2.16. The first-order valence-corrected chi connectivity index (χ1v) is 5.91. The predicted molar refractivity (Wildman–Crippen MR) is 65.0 cm³/mol. The van der Waals surface area contributed by atoms with Crippen molar-refractivity contribution in [3.05, 3.63) is 22.6 Å². The lowest BCUT2D eigenvalue weighted by atomic mass is 10.3. The fourth-order valence-electron chi connectivity index (χ4n) is 1.98. The third-order valence-corrected chi connectivity index (χ3v) is 2.98. The van der Waals surface area contributed by atoms with E-state index in [1.54, 1.807) is 12.3 Å². The van der Waals surface area contributed by atoms with Crippen LogP contribution in [0.2, 0.25) is 0 Å². The molecule has 1 aliphatic rings. The van der Waals surface area contributed by atoms with E-state index in [4.69, 9.17) is 5.73 Å². The van der Waals surface area contributed by atoms with E-state index in [-0.39, 0.29) is 18.6 Å². The van der Waals surface area contributed by atoms with Gasteiger partial charge in [0.15, 0.2) is 0 Å². The van der Waals surface area contributed by atoms with Gasteiger partial charge in [0.1, 0.15) is 0 Å². The summed E-state index contributed by atoms with van der Waals surface area (Å²) in [6.07, 6.45) is 3.28. The second kappa shape index (κ2) is 5.29. The number of aliphatic hydroxyl groups is 1. The molecule has 6 heteroatoms. The Kier molecular flexibility index (Phi) is 3.75.